The molecule has 1 unspecified atom stereocenters. The molecule has 2 heterocycles. The molecule has 2 atom stereocenters. The van der Waals surface area contributed by atoms with Crippen molar-refractivity contribution < 1.29 is 27.9 Å². The topological polar surface area (TPSA) is 106 Å². The zero-order chi connectivity index (χ0) is 35.0. The lowest BCUT2D eigenvalue weighted by Gasteiger charge is -2.31. The van der Waals surface area contributed by atoms with Gasteiger partial charge in [-0.1, -0.05) is 50.8 Å². The molecule has 2 aliphatic carbocycles. The SMILES string of the molecule is C[C@@H]1C(=O)CCCCC1c1ccc(N2CCS(=O)(=O)CC2)c(COc2ccc(-c3c(C4CCCCC4)c4ccc(C(=O)O)cc4n3C)cc2)c1. The summed E-state index contributed by atoms with van der Waals surface area (Å²) in [5.74, 6) is 0.963. The van der Waals surface area contributed by atoms with Gasteiger partial charge < -0.3 is 19.3 Å². The maximum atomic E-state index is 12.8. The Balaban J connectivity index is 1.19. The van der Waals surface area contributed by atoms with Crippen LogP contribution in [0.2, 0.25) is 0 Å². The van der Waals surface area contributed by atoms with Crippen molar-refractivity contribution in [1.29, 1.82) is 0 Å². The van der Waals surface area contributed by atoms with E-state index in [1.807, 2.05) is 25.2 Å². The number of nitrogens with zero attached hydrogens (tertiary/aromatic N) is 2. The third-order valence-corrected chi connectivity index (χ3v) is 13.1. The number of ether oxygens (including phenoxy) is 1. The minimum atomic E-state index is -3.03. The molecule has 264 valence electrons. The summed E-state index contributed by atoms with van der Waals surface area (Å²) in [5.41, 5.74) is 7.86. The van der Waals surface area contributed by atoms with Gasteiger partial charge in [0.25, 0.3) is 0 Å². The largest absolute Gasteiger partial charge is 0.489 e. The van der Waals surface area contributed by atoms with Crippen LogP contribution in [0.25, 0.3) is 22.2 Å². The Hall–Kier alpha value is -4.11. The number of aryl methyl sites for hydroxylation is 1. The second-order valence-corrected chi connectivity index (χ2v) is 16.9. The fourth-order valence-corrected chi connectivity index (χ4v) is 9.86. The van der Waals surface area contributed by atoms with Gasteiger partial charge >= 0.3 is 5.97 Å². The molecule has 2 saturated carbocycles. The van der Waals surface area contributed by atoms with Crippen molar-refractivity contribution in [2.75, 3.05) is 29.5 Å². The van der Waals surface area contributed by atoms with Crippen molar-refractivity contribution >= 4 is 38.2 Å². The quantitative estimate of drug-likeness (QED) is 0.185. The van der Waals surface area contributed by atoms with Crippen LogP contribution in [0.15, 0.2) is 60.7 Å². The zero-order valence-corrected chi connectivity index (χ0v) is 30.0. The molecule has 3 aliphatic rings. The lowest BCUT2D eigenvalue weighted by Crippen LogP contribution is -2.40. The zero-order valence-electron chi connectivity index (χ0n) is 29.2. The van der Waals surface area contributed by atoms with Crippen LogP contribution in [0.3, 0.4) is 0 Å². The molecule has 0 bridgehead atoms. The summed E-state index contributed by atoms with van der Waals surface area (Å²) in [4.78, 5) is 26.8. The summed E-state index contributed by atoms with van der Waals surface area (Å²) in [7, 11) is -0.997. The number of carboxylic acid groups (broad SMARTS) is 1. The summed E-state index contributed by atoms with van der Waals surface area (Å²) in [6.07, 6.45) is 9.52. The van der Waals surface area contributed by atoms with Gasteiger partial charge in [-0.2, -0.15) is 0 Å². The molecule has 1 aromatic heterocycles. The van der Waals surface area contributed by atoms with Crippen LogP contribution < -0.4 is 9.64 Å². The van der Waals surface area contributed by atoms with Crippen molar-refractivity contribution in [2.24, 2.45) is 13.0 Å². The Labute approximate surface area is 295 Å². The van der Waals surface area contributed by atoms with Gasteiger partial charge in [0.05, 0.1) is 22.8 Å². The number of aromatic nitrogens is 1. The van der Waals surface area contributed by atoms with E-state index < -0.39 is 15.8 Å². The van der Waals surface area contributed by atoms with Gasteiger partial charge in [-0.25, -0.2) is 13.2 Å². The van der Waals surface area contributed by atoms with Crippen molar-refractivity contribution in [3.8, 4) is 17.0 Å². The third kappa shape index (κ3) is 6.94. The molecule has 0 radical (unpaired) electrons. The van der Waals surface area contributed by atoms with Crippen molar-refractivity contribution in [3.05, 3.63) is 82.9 Å². The van der Waals surface area contributed by atoms with Gasteiger partial charge in [0, 0.05) is 54.6 Å². The lowest BCUT2D eigenvalue weighted by atomic mass is 9.82. The van der Waals surface area contributed by atoms with E-state index in [1.54, 1.807) is 12.1 Å². The van der Waals surface area contributed by atoms with Crippen LogP contribution in [0.5, 0.6) is 5.75 Å². The average molecular weight is 697 g/mol. The number of ketones is 1. The van der Waals surface area contributed by atoms with Crippen LogP contribution in [0.1, 0.15) is 104 Å². The van der Waals surface area contributed by atoms with Gasteiger partial charge in [0.1, 0.15) is 18.1 Å². The Kier molecular flexibility index (Phi) is 9.79. The first-order chi connectivity index (χ1) is 24.1. The molecule has 8 nitrogen and oxygen atoms in total. The summed E-state index contributed by atoms with van der Waals surface area (Å²) in [5, 5.41) is 10.8. The molecular weight excluding hydrogens is 649 g/mol. The van der Waals surface area contributed by atoms with Crippen LogP contribution in [0.4, 0.5) is 5.69 Å². The second kappa shape index (κ2) is 14.3. The summed E-state index contributed by atoms with van der Waals surface area (Å²) >= 11 is 0. The molecule has 1 saturated heterocycles. The Bertz CT molecular complexity index is 1990. The molecule has 1 aliphatic heterocycles. The molecule has 50 heavy (non-hydrogen) atoms. The summed E-state index contributed by atoms with van der Waals surface area (Å²) in [6, 6.07) is 20.1. The Morgan fingerprint density at radius 3 is 2.34 bits per heavy atom. The van der Waals surface area contributed by atoms with Gasteiger partial charge in [-0.3, -0.25) is 4.79 Å². The minimum Gasteiger partial charge on any atom is -0.489 e. The monoisotopic (exact) mass is 696 g/mol. The smallest absolute Gasteiger partial charge is 0.335 e. The minimum absolute atomic E-state index is 0.0341. The highest BCUT2D eigenvalue weighted by molar-refractivity contribution is 7.91. The maximum absolute atomic E-state index is 12.8. The van der Waals surface area contributed by atoms with Crippen LogP contribution >= 0.6 is 0 Å². The number of rotatable bonds is 8. The number of hydrogen-bond donors (Lipinski definition) is 1. The number of anilines is 1. The highest BCUT2D eigenvalue weighted by Crippen LogP contribution is 2.44. The normalized spacial score (nSPS) is 21.6. The fourth-order valence-electron chi connectivity index (χ4n) is 8.66. The standard InChI is InChI=1S/C41H48N2O6S/c1-27-34(10-6-7-11-38(27)44)30-15-19-36(43-20-22-50(47,48)23-21-43)32(24-30)26-49-33-16-12-29(13-17-33)40-39(28-8-4-3-5-9-28)35-18-14-31(41(45)46)25-37(35)42(40)2/h12-19,24-25,27-28,34H,3-11,20-23,26H2,1-2H3,(H,45,46)/t27-,34?/m0/s1. The van der Waals surface area contributed by atoms with Crippen molar-refractivity contribution in [2.45, 2.75) is 83.2 Å². The molecule has 4 aromatic rings. The third-order valence-electron chi connectivity index (χ3n) is 11.5. The number of carboxylic acids is 1. The molecule has 0 amide bonds. The van der Waals surface area contributed by atoms with E-state index in [9.17, 15) is 23.1 Å². The number of hydrogen-bond acceptors (Lipinski definition) is 6. The molecule has 0 spiro atoms. The first-order valence-corrected chi connectivity index (χ1v) is 20.1. The average Bonchev–Trinajstić information content (AvgIpc) is 3.31. The van der Waals surface area contributed by atoms with Crippen LogP contribution in [-0.2, 0) is 28.3 Å². The van der Waals surface area contributed by atoms with Gasteiger partial charge in [-0.15, -0.1) is 0 Å². The number of sulfone groups is 1. The van der Waals surface area contributed by atoms with Gasteiger partial charge in [0.2, 0.25) is 0 Å². The summed E-state index contributed by atoms with van der Waals surface area (Å²) < 4.78 is 33.1. The number of fused-ring (bicyclic) bond motifs is 1. The van der Waals surface area contributed by atoms with E-state index in [2.05, 4.69) is 46.7 Å². The van der Waals surface area contributed by atoms with E-state index in [4.69, 9.17) is 4.74 Å². The fraction of sp³-hybridized carbons (Fsp3) is 0.463. The molecular formula is C41H48N2O6S. The molecule has 7 rings (SSSR count). The van der Waals surface area contributed by atoms with Crippen molar-refractivity contribution in [3.63, 3.8) is 0 Å². The molecule has 3 fully saturated rings. The number of benzene rings is 3. The Morgan fingerprint density at radius 1 is 0.900 bits per heavy atom. The summed E-state index contributed by atoms with van der Waals surface area (Å²) in [6.45, 7) is 3.27. The molecule has 9 heteroatoms. The lowest BCUT2D eigenvalue weighted by molar-refractivity contribution is -0.122. The van der Waals surface area contributed by atoms with E-state index in [1.165, 1.54) is 24.8 Å². The first-order valence-electron chi connectivity index (χ1n) is 18.3. The van der Waals surface area contributed by atoms with Crippen molar-refractivity contribution in [1.82, 2.24) is 4.57 Å². The van der Waals surface area contributed by atoms with E-state index >= 15 is 0 Å². The molecule has 3 aromatic carbocycles. The Morgan fingerprint density at radius 2 is 1.62 bits per heavy atom. The van der Waals surface area contributed by atoms with E-state index in [0.717, 1.165) is 76.8 Å². The number of aromatic carboxylic acids is 1. The second-order valence-electron chi connectivity index (χ2n) is 14.6. The number of carbonyl (C=O) groups excluding carboxylic acids is 1. The number of Topliss-reactive ketones (excluding diaryl/α,β-unsaturated/α-hetero) is 1. The first kappa shape index (κ1) is 34.3. The van der Waals surface area contributed by atoms with Gasteiger partial charge in [0.15, 0.2) is 9.84 Å². The van der Waals surface area contributed by atoms with E-state index in [-0.39, 0.29) is 23.3 Å². The van der Waals surface area contributed by atoms with E-state index in [0.29, 0.717) is 43.4 Å². The van der Waals surface area contributed by atoms with Crippen LogP contribution in [0, 0.1) is 5.92 Å². The number of carbonyl (C=O) groups is 2. The van der Waals surface area contributed by atoms with Crippen LogP contribution in [-0.4, -0.2) is 54.4 Å². The molecule has 1 N–H and O–H groups in total. The van der Waals surface area contributed by atoms with Gasteiger partial charge in [-0.05, 0) is 96.7 Å². The maximum Gasteiger partial charge on any atom is 0.335 e. The highest BCUT2D eigenvalue weighted by Gasteiger charge is 2.30. The highest BCUT2D eigenvalue weighted by atomic mass is 32.2. The predicted octanol–water partition coefficient (Wildman–Crippen LogP) is 8.27. The predicted molar refractivity (Wildman–Crippen MR) is 198 cm³/mol.